The maximum Gasteiger partial charge on any atom is 0.326 e. The van der Waals surface area contributed by atoms with Crippen molar-refractivity contribution in [3.05, 3.63) is 29.8 Å². The van der Waals surface area contributed by atoms with E-state index in [9.17, 15) is 18.0 Å². The highest BCUT2D eigenvalue weighted by Crippen LogP contribution is 2.26. The molecular formula is C21H32N2O5S. The quantitative estimate of drug-likeness (QED) is 0.679. The summed E-state index contributed by atoms with van der Waals surface area (Å²) in [5.41, 5.74) is -0.309. The van der Waals surface area contributed by atoms with Gasteiger partial charge in [0.15, 0.2) is 0 Å². The van der Waals surface area contributed by atoms with Gasteiger partial charge in [0.2, 0.25) is 10.0 Å². The highest BCUT2D eigenvalue weighted by Gasteiger charge is 2.31. The van der Waals surface area contributed by atoms with Crippen LogP contribution in [0.15, 0.2) is 29.2 Å². The Labute approximate surface area is 174 Å². The Balaban J connectivity index is 2.09. The minimum absolute atomic E-state index is 0.171. The number of rotatable bonds is 5. The molecule has 162 valence electrons. The molecule has 0 aliphatic carbocycles. The van der Waals surface area contributed by atoms with Crippen molar-refractivity contribution in [3.63, 3.8) is 0 Å². The molecule has 1 fully saturated rings. The van der Waals surface area contributed by atoms with Gasteiger partial charge in [0, 0.05) is 25.7 Å². The predicted molar refractivity (Wildman–Crippen MR) is 111 cm³/mol. The van der Waals surface area contributed by atoms with Gasteiger partial charge in [-0.2, -0.15) is 4.31 Å². The van der Waals surface area contributed by atoms with Crippen molar-refractivity contribution in [3.8, 4) is 0 Å². The van der Waals surface area contributed by atoms with Gasteiger partial charge < -0.3 is 9.64 Å². The first-order chi connectivity index (χ1) is 13.3. The summed E-state index contributed by atoms with van der Waals surface area (Å²) in [7, 11) is -2.09. The molecular weight excluding hydrogens is 392 g/mol. The molecule has 0 radical (unpaired) electrons. The molecule has 0 aromatic heterocycles. The molecule has 1 aromatic rings. The number of sulfonamides is 1. The number of esters is 1. The van der Waals surface area contributed by atoms with Gasteiger partial charge in [0.25, 0.3) is 5.91 Å². The molecule has 2 rings (SSSR count). The van der Waals surface area contributed by atoms with Crippen LogP contribution in [0.5, 0.6) is 0 Å². The second kappa shape index (κ2) is 8.83. The minimum atomic E-state index is -3.60. The number of likely N-dealkylation sites (N-methyl/N-ethyl adjacent to an activating group) is 1. The zero-order chi connectivity index (χ0) is 22.0. The Kier molecular flexibility index (Phi) is 7.11. The van der Waals surface area contributed by atoms with Crippen LogP contribution in [0.2, 0.25) is 0 Å². The average molecular weight is 425 g/mol. The van der Waals surface area contributed by atoms with E-state index in [2.05, 4.69) is 13.8 Å². The lowest BCUT2D eigenvalue weighted by Crippen LogP contribution is -2.42. The van der Waals surface area contributed by atoms with Crippen molar-refractivity contribution in [2.24, 2.45) is 11.8 Å². The first-order valence-electron chi connectivity index (χ1n) is 9.87. The van der Waals surface area contributed by atoms with E-state index in [-0.39, 0.29) is 17.3 Å². The largest absolute Gasteiger partial charge is 0.459 e. The van der Waals surface area contributed by atoms with E-state index in [1.807, 2.05) is 0 Å². The van der Waals surface area contributed by atoms with E-state index in [0.717, 1.165) is 6.42 Å². The Morgan fingerprint density at radius 1 is 1.10 bits per heavy atom. The van der Waals surface area contributed by atoms with Crippen molar-refractivity contribution in [1.82, 2.24) is 9.21 Å². The number of ether oxygens (including phenoxy) is 1. The van der Waals surface area contributed by atoms with Gasteiger partial charge in [-0.1, -0.05) is 13.8 Å². The molecule has 2 unspecified atom stereocenters. The van der Waals surface area contributed by atoms with E-state index in [1.54, 1.807) is 20.8 Å². The summed E-state index contributed by atoms with van der Waals surface area (Å²) in [5.74, 6) is -0.243. The SMILES string of the molecule is CC1CC(C)CN(S(=O)(=O)c2ccc(C(=O)N(C)CC(=O)OC(C)(C)C)cc2)C1. The number of hydrogen-bond donors (Lipinski definition) is 0. The highest BCUT2D eigenvalue weighted by atomic mass is 32.2. The molecule has 2 atom stereocenters. The predicted octanol–water partition coefficient (Wildman–Crippen LogP) is 2.77. The zero-order valence-electron chi connectivity index (χ0n) is 18.1. The maximum absolute atomic E-state index is 12.9. The molecule has 7 nitrogen and oxygen atoms in total. The smallest absolute Gasteiger partial charge is 0.326 e. The Morgan fingerprint density at radius 2 is 1.62 bits per heavy atom. The van der Waals surface area contributed by atoms with E-state index >= 15 is 0 Å². The van der Waals surface area contributed by atoms with Crippen molar-refractivity contribution in [1.29, 1.82) is 0 Å². The fraction of sp³-hybridized carbons (Fsp3) is 0.619. The van der Waals surface area contributed by atoms with Gasteiger partial charge in [0.1, 0.15) is 12.1 Å². The highest BCUT2D eigenvalue weighted by molar-refractivity contribution is 7.89. The molecule has 1 heterocycles. The third-order valence-electron chi connectivity index (χ3n) is 4.71. The molecule has 0 spiro atoms. The fourth-order valence-corrected chi connectivity index (χ4v) is 5.26. The molecule has 1 aromatic carbocycles. The molecule has 1 aliphatic heterocycles. The summed E-state index contributed by atoms with van der Waals surface area (Å²) in [6, 6.07) is 5.87. The second-order valence-electron chi connectivity index (χ2n) is 9.04. The van der Waals surface area contributed by atoms with Crippen LogP contribution in [0.25, 0.3) is 0 Å². The van der Waals surface area contributed by atoms with Crippen molar-refractivity contribution in [2.45, 2.75) is 51.5 Å². The first kappa shape index (κ1) is 23.3. The van der Waals surface area contributed by atoms with Gasteiger partial charge >= 0.3 is 5.97 Å². The molecule has 0 N–H and O–H groups in total. The Hall–Kier alpha value is -1.93. The molecule has 1 aliphatic rings. The molecule has 0 bridgehead atoms. The molecule has 1 saturated heterocycles. The number of carbonyl (C=O) groups is 2. The normalized spacial score (nSPS) is 20.9. The number of benzene rings is 1. The van der Waals surface area contributed by atoms with Crippen LogP contribution in [0.4, 0.5) is 0 Å². The third kappa shape index (κ3) is 6.27. The summed E-state index contributed by atoms with van der Waals surface area (Å²) in [4.78, 5) is 25.9. The molecule has 29 heavy (non-hydrogen) atoms. The van der Waals surface area contributed by atoms with Crippen LogP contribution >= 0.6 is 0 Å². The van der Waals surface area contributed by atoms with E-state index < -0.39 is 21.6 Å². The number of carbonyl (C=O) groups excluding carboxylic acids is 2. The van der Waals surface area contributed by atoms with E-state index in [1.165, 1.54) is 40.5 Å². The summed E-state index contributed by atoms with van der Waals surface area (Å²) in [5, 5.41) is 0. The lowest BCUT2D eigenvalue weighted by atomic mass is 9.94. The van der Waals surface area contributed by atoms with Crippen LogP contribution in [0.3, 0.4) is 0 Å². The second-order valence-corrected chi connectivity index (χ2v) is 11.0. The van der Waals surface area contributed by atoms with Gasteiger partial charge in [-0.05, 0) is 63.3 Å². The van der Waals surface area contributed by atoms with Gasteiger partial charge in [-0.3, -0.25) is 9.59 Å². The van der Waals surface area contributed by atoms with Crippen LogP contribution in [0.1, 0.15) is 51.4 Å². The Bertz CT molecular complexity index is 833. The third-order valence-corrected chi connectivity index (χ3v) is 6.55. The first-order valence-corrected chi connectivity index (χ1v) is 11.3. The van der Waals surface area contributed by atoms with Gasteiger partial charge in [0.05, 0.1) is 4.90 Å². The lowest BCUT2D eigenvalue weighted by molar-refractivity contribution is -0.155. The summed E-state index contributed by atoms with van der Waals surface area (Å²) in [6.07, 6.45) is 1.02. The van der Waals surface area contributed by atoms with Crippen LogP contribution < -0.4 is 0 Å². The maximum atomic E-state index is 12.9. The average Bonchev–Trinajstić information content (AvgIpc) is 2.58. The van der Waals surface area contributed by atoms with Gasteiger partial charge in [-0.25, -0.2) is 8.42 Å². The Morgan fingerprint density at radius 3 is 2.10 bits per heavy atom. The van der Waals surface area contributed by atoms with E-state index in [0.29, 0.717) is 30.5 Å². The molecule has 8 heteroatoms. The van der Waals surface area contributed by atoms with Crippen molar-refractivity contribution >= 4 is 21.9 Å². The standard InChI is InChI=1S/C21H32N2O5S/c1-15-11-16(2)13-23(12-15)29(26,27)18-9-7-17(8-10-18)20(25)22(6)14-19(24)28-21(3,4)5/h7-10,15-16H,11-14H2,1-6H3. The van der Waals surface area contributed by atoms with Crippen LogP contribution in [-0.2, 0) is 19.6 Å². The number of nitrogens with zero attached hydrogens (tertiary/aromatic N) is 2. The number of piperidine rings is 1. The lowest BCUT2D eigenvalue weighted by Gasteiger charge is -2.34. The summed E-state index contributed by atoms with van der Waals surface area (Å²) < 4.78 is 32.6. The fourth-order valence-electron chi connectivity index (χ4n) is 3.58. The monoisotopic (exact) mass is 424 g/mol. The summed E-state index contributed by atoms with van der Waals surface area (Å²) >= 11 is 0. The topological polar surface area (TPSA) is 84.0 Å². The van der Waals surface area contributed by atoms with Crippen LogP contribution in [-0.4, -0.2) is 61.8 Å². The number of amides is 1. The number of hydrogen-bond acceptors (Lipinski definition) is 5. The van der Waals surface area contributed by atoms with E-state index in [4.69, 9.17) is 4.74 Å². The molecule has 1 amide bonds. The van der Waals surface area contributed by atoms with Crippen molar-refractivity contribution in [2.75, 3.05) is 26.7 Å². The van der Waals surface area contributed by atoms with Crippen molar-refractivity contribution < 1.29 is 22.7 Å². The van der Waals surface area contributed by atoms with Gasteiger partial charge in [-0.15, -0.1) is 0 Å². The summed E-state index contributed by atoms with van der Waals surface area (Å²) in [6.45, 7) is 10.2. The molecule has 0 saturated carbocycles. The zero-order valence-corrected chi connectivity index (χ0v) is 19.0. The minimum Gasteiger partial charge on any atom is -0.459 e. The van der Waals surface area contributed by atoms with Crippen LogP contribution in [0, 0.1) is 11.8 Å².